The maximum Gasteiger partial charge on any atom is 0.354 e. The van der Waals surface area contributed by atoms with Gasteiger partial charge in [-0.1, -0.05) is 13.0 Å². The molecule has 1 aromatic rings. The number of aromatic carboxylic acids is 1. The molecule has 4 heteroatoms. The quantitative estimate of drug-likeness (QED) is 0.892. The summed E-state index contributed by atoms with van der Waals surface area (Å²) < 4.78 is 0. The van der Waals surface area contributed by atoms with Crippen LogP contribution in [0.5, 0.6) is 0 Å². The Bertz CT molecular complexity index is 434. The summed E-state index contributed by atoms with van der Waals surface area (Å²) in [7, 11) is 0. The summed E-state index contributed by atoms with van der Waals surface area (Å²) in [5.74, 6) is -0.271. The minimum atomic E-state index is -0.941. The smallest absolute Gasteiger partial charge is 0.354 e. The zero-order chi connectivity index (χ0) is 13.1. The van der Waals surface area contributed by atoms with Crippen LogP contribution in [0.15, 0.2) is 18.3 Å². The normalized spacial score (nSPS) is 25.0. The minimum absolute atomic E-state index is 0.183. The predicted molar refractivity (Wildman–Crippen MR) is 69.5 cm³/mol. The van der Waals surface area contributed by atoms with Crippen molar-refractivity contribution in [3.8, 4) is 0 Å². The number of pyridine rings is 1. The molecule has 98 valence electrons. The number of hydrogen-bond donors (Lipinski definition) is 1. The molecule has 0 amide bonds. The first-order valence-corrected chi connectivity index (χ1v) is 6.51. The SMILES string of the molecule is CC1CCCN(Cc2cccnc2C(=O)O)C1C. The Kier molecular flexibility index (Phi) is 3.97. The first-order valence-electron chi connectivity index (χ1n) is 6.51. The summed E-state index contributed by atoms with van der Waals surface area (Å²) in [5.41, 5.74) is 0.994. The lowest BCUT2D eigenvalue weighted by molar-refractivity contribution is 0.0682. The maximum atomic E-state index is 11.1. The van der Waals surface area contributed by atoms with E-state index < -0.39 is 5.97 Å². The third kappa shape index (κ3) is 2.70. The van der Waals surface area contributed by atoms with E-state index in [2.05, 4.69) is 23.7 Å². The van der Waals surface area contributed by atoms with E-state index in [-0.39, 0.29) is 5.69 Å². The van der Waals surface area contributed by atoms with Crippen LogP contribution in [0.3, 0.4) is 0 Å². The van der Waals surface area contributed by atoms with Gasteiger partial charge in [0.25, 0.3) is 0 Å². The molecule has 0 saturated carbocycles. The van der Waals surface area contributed by atoms with Crippen LogP contribution in [0, 0.1) is 5.92 Å². The average molecular weight is 248 g/mol. The maximum absolute atomic E-state index is 11.1. The molecule has 18 heavy (non-hydrogen) atoms. The fourth-order valence-corrected chi connectivity index (χ4v) is 2.62. The van der Waals surface area contributed by atoms with Crippen LogP contribution in [-0.4, -0.2) is 33.5 Å². The second-order valence-corrected chi connectivity index (χ2v) is 5.15. The summed E-state index contributed by atoms with van der Waals surface area (Å²) in [5, 5.41) is 9.13. The van der Waals surface area contributed by atoms with Crippen LogP contribution in [0.2, 0.25) is 0 Å². The van der Waals surface area contributed by atoms with Crippen molar-refractivity contribution in [2.75, 3.05) is 6.54 Å². The monoisotopic (exact) mass is 248 g/mol. The number of carbonyl (C=O) groups is 1. The molecule has 1 N–H and O–H groups in total. The van der Waals surface area contributed by atoms with Gasteiger partial charge in [-0.2, -0.15) is 0 Å². The molecule has 0 radical (unpaired) electrons. The summed E-state index contributed by atoms with van der Waals surface area (Å²) in [4.78, 5) is 17.4. The summed E-state index contributed by atoms with van der Waals surface area (Å²) >= 11 is 0. The third-order valence-corrected chi connectivity index (χ3v) is 3.97. The fraction of sp³-hybridized carbons (Fsp3) is 0.571. The second kappa shape index (κ2) is 5.48. The van der Waals surface area contributed by atoms with E-state index in [1.165, 1.54) is 19.0 Å². The van der Waals surface area contributed by atoms with Gasteiger partial charge < -0.3 is 5.11 Å². The first-order chi connectivity index (χ1) is 8.59. The van der Waals surface area contributed by atoms with Gasteiger partial charge in [-0.15, -0.1) is 0 Å². The van der Waals surface area contributed by atoms with Crippen LogP contribution in [0.25, 0.3) is 0 Å². The van der Waals surface area contributed by atoms with Crippen molar-refractivity contribution in [1.82, 2.24) is 9.88 Å². The van der Waals surface area contributed by atoms with Crippen molar-refractivity contribution >= 4 is 5.97 Å². The van der Waals surface area contributed by atoms with Crippen LogP contribution in [-0.2, 0) is 6.54 Å². The molecular weight excluding hydrogens is 228 g/mol. The standard InChI is InChI=1S/C14H20N2O2/c1-10-5-4-8-16(11(10)2)9-12-6-3-7-15-13(12)14(17)18/h3,6-7,10-11H,4-5,8-9H2,1-2H3,(H,17,18). The van der Waals surface area contributed by atoms with Gasteiger partial charge in [-0.3, -0.25) is 4.90 Å². The molecule has 1 aliphatic rings. The van der Waals surface area contributed by atoms with Gasteiger partial charge >= 0.3 is 5.97 Å². The first kappa shape index (κ1) is 13.0. The number of aromatic nitrogens is 1. The summed E-state index contributed by atoms with van der Waals surface area (Å²) in [6.45, 7) is 6.21. The van der Waals surface area contributed by atoms with Crippen molar-refractivity contribution in [2.24, 2.45) is 5.92 Å². The van der Waals surface area contributed by atoms with Gasteiger partial charge in [-0.25, -0.2) is 9.78 Å². The van der Waals surface area contributed by atoms with Crippen LogP contribution >= 0.6 is 0 Å². The third-order valence-electron chi connectivity index (χ3n) is 3.97. The van der Waals surface area contributed by atoms with Crippen molar-refractivity contribution < 1.29 is 9.90 Å². The molecular formula is C14H20N2O2. The highest BCUT2D eigenvalue weighted by molar-refractivity contribution is 5.86. The van der Waals surface area contributed by atoms with Crippen molar-refractivity contribution in [1.29, 1.82) is 0 Å². The molecule has 1 fully saturated rings. The lowest BCUT2D eigenvalue weighted by atomic mass is 9.91. The molecule has 2 heterocycles. The van der Waals surface area contributed by atoms with E-state index in [0.29, 0.717) is 18.5 Å². The lowest BCUT2D eigenvalue weighted by Crippen LogP contribution is -2.42. The van der Waals surface area contributed by atoms with Gasteiger partial charge in [0.2, 0.25) is 0 Å². The van der Waals surface area contributed by atoms with Crippen molar-refractivity contribution in [2.45, 2.75) is 39.3 Å². The molecule has 2 atom stereocenters. The Morgan fingerprint density at radius 1 is 1.56 bits per heavy atom. The van der Waals surface area contributed by atoms with E-state index in [1.807, 2.05) is 6.07 Å². The Labute approximate surface area is 108 Å². The number of likely N-dealkylation sites (tertiary alicyclic amines) is 1. The van der Waals surface area contributed by atoms with E-state index >= 15 is 0 Å². The van der Waals surface area contributed by atoms with Gasteiger partial charge in [0.15, 0.2) is 5.69 Å². The number of piperidine rings is 1. The van der Waals surface area contributed by atoms with Crippen molar-refractivity contribution in [3.63, 3.8) is 0 Å². The molecule has 1 aliphatic heterocycles. The molecule has 2 unspecified atom stereocenters. The topological polar surface area (TPSA) is 53.4 Å². The molecule has 1 aromatic heterocycles. The molecule has 0 aromatic carbocycles. The second-order valence-electron chi connectivity index (χ2n) is 5.15. The number of hydrogen-bond acceptors (Lipinski definition) is 3. The molecule has 1 saturated heterocycles. The number of nitrogens with zero attached hydrogens (tertiary/aromatic N) is 2. The Balaban J connectivity index is 2.16. The highest BCUT2D eigenvalue weighted by Crippen LogP contribution is 2.24. The highest BCUT2D eigenvalue weighted by Gasteiger charge is 2.25. The van der Waals surface area contributed by atoms with E-state index in [9.17, 15) is 4.79 Å². The Hall–Kier alpha value is -1.42. The van der Waals surface area contributed by atoms with E-state index in [1.54, 1.807) is 6.07 Å². The van der Waals surface area contributed by atoms with Crippen LogP contribution in [0.1, 0.15) is 42.7 Å². The number of carboxylic acid groups (broad SMARTS) is 1. The van der Waals surface area contributed by atoms with Gasteiger partial charge in [0, 0.05) is 18.8 Å². The summed E-state index contributed by atoms with van der Waals surface area (Å²) in [6, 6.07) is 4.17. The van der Waals surface area contributed by atoms with Crippen LogP contribution < -0.4 is 0 Å². The Morgan fingerprint density at radius 2 is 2.33 bits per heavy atom. The van der Waals surface area contributed by atoms with Crippen molar-refractivity contribution in [3.05, 3.63) is 29.6 Å². The highest BCUT2D eigenvalue weighted by atomic mass is 16.4. The number of carboxylic acids is 1. The zero-order valence-corrected chi connectivity index (χ0v) is 11.0. The number of rotatable bonds is 3. The largest absolute Gasteiger partial charge is 0.477 e. The summed E-state index contributed by atoms with van der Waals surface area (Å²) in [6.07, 6.45) is 3.99. The fourth-order valence-electron chi connectivity index (χ4n) is 2.62. The predicted octanol–water partition coefficient (Wildman–Crippen LogP) is 2.40. The zero-order valence-electron chi connectivity index (χ0n) is 11.0. The lowest BCUT2D eigenvalue weighted by Gasteiger charge is -2.38. The Morgan fingerprint density at radius 3 is 3.06 bits per heavy atom. The molecule has 2 rings (SSSR count). The van der Waals surface area contributed by atoms with E-state index in [0.717, 1.165) is 12.1 Å². The average Bonchev–Trinajstić information content (AvgIpc) is 2.35. The molecule has 0 spiro atoms. The van der Waals surface area contributed by atoms with Crippen LogP contribution in [0.4, 0.5) is 0 Å². The molecule has 4 nitrogen and oxygen atoms in total. The van der Waals surface area contributed by atoms with Gasteiger partial charge in [-0.05, 0) is 43.9 Å². The van der Waals surface area contributed by atoms with E-state index in [4.69, 9.17) is 5.11 Å². The van der Waals surface area contributed by atoms with Gasteiger partial charge in [0.1, 0.15) is 0 Å². The van der Waals surface area contributed by atoms with Gasteiger partial charge in [0.05, 0.1) is 0 Å². The molecule has 0 aliphatic carbocycles. The minimum Gasteiger partial charge on any atom is -0.477 e. The molecule has 0 bridgehead atoms.